The zero-order valence-electron chi connectivity index (χ0n) is 14.5. The molecule has 2 fully saturated rings. The van der Waals surface area contributed by atoms with Crippen molar-refractivity contribution in [2.75, 3.05) is 13.6 Å². The smallest absolute Gasteiger partial charge is 0.303 e. The highest BCUT2D eigenvalue weighted by atomic mass is 31.2. The maximum Gasteiger partial charge on any atom is 0.466 e. The number of rotatable bonds is 0. The fourth-order valence-corrected chi connectivity index (χ4v) is 5.31. The number of likely N-dealkylation sites (tertiary alicyclic amines) is 1. The van der Waals surface area contributed by atoms with Crippen molar-refractivity contribution in [1.29, 1.82) is 0 Å². The maximum absolute atomic E-state index is 8.88. The lowest BCUT2D eigenvalue weighted by atomic mass is 9.52. The van der Waals surface area contributed by atoms with E-state index in [0.717, 1.165) is 12.0 Å². The third-order valence-electron chi connectivity index (χ3n) is 6.27. The molecule has 0 amide bonds. The molecule has 3 atom stereocenters. The minimum Gasteiger partial charge on any atom is -0.303 e. The molecule has 2 bridgehead atoms. The minimum absolute atomic E-state index is 0.537. The summed E-state index contributed by atoms with van der Waals surface area (Å²) < 4.78 is 8.88. The molecule has 0 aromatic heterocycles. The monoisotopic (exact) mass is 353 g/mol. The van der Waals surface area contributed by atoms with Crippen molar-refractivity contribution in [2.45, 2.75) is 56.9 Å². The molecule has 0 spiro atoms. The van der Waals surface area contributed by atoms with E-state index in [9.17, 15) is 0 Å². The average molecular weight is 353 g/mol. The van der Waals surface area contributed by atoms with Crippen molar-refractivity contribution in [3.05, 3.63) is 34.9 Å². The second-order valence-corrected chi connectivity index (χ2v) is 8.71. The average Bonchev–Trinajstić information content (AvgIpc) is 2.50. The SMILES string of the molecule is Cc1ccc2c(c1)[C@@]13CCCC[C@@H]1[C@@H](C2)N(C)CC3.O=P(O)(O)O. The van der Waals surface area contributed by atoms with Gasteiger partial charge in [0, 0.05) is 11.5 Å². The zero-order valence-corrected chi connectivity index (χ0v) is 15.4. The van der Waals surface area contributed by atoms with E-state index in [1.54, 1.807) is 11.1 Å². The van der Waals surface area contributed by atoms with Crippen molar-refractivity contribution in [1.82, 2.24) is 4.90 Å². The number of nitrogens with zero attached hydrogens (tertiary/aromatic N) is 1. The van der Waals surface area contributed by atoms with Gasteiger partial charge in [0.2, 0.25) is 0 Å². The predicted octanol–water partition coefficient (Wildman–Crippen LogP) is 2.75. The quantitative estimate of drug-likeness (QED) is 0.625. The summed E-state index contributed by atoms with van der Waals surface area (Å²) in [7, 11) is -2.29. The largest absolute Gasteiger partial charge is 0.466 e. The van der Waals surface area contributed by atoms with Crippen LogP contribution in [0.3, 0.4) is 0 Å². The van der Waals surface area contributed by atoms with Crippen LogP contribution >= 0.6 is 7.82 Å². The van der Waals surface area contributed by atoms with E-state index >= 15 is 0 Å². The second-order valence-electron chi connectivity index (χ2n) is 7.68. The van der Waals surface area contributed by atoms with Gasteiger partial charge in [0.1, 0.15) is 0 Å². The maximum atomic E-state index is 8.88. The molecule has 0 radical (unpaired) electrons. The van der Waals surface area contributed by atoms with Gasteiger partial charge in [-0.05, 0) is 63.2 Å². The van der Waals surface area contributed by atoms with E-state index in [1.807, 2.05) is 0 Å². The topological polar surface area (TPSA) is 81.0 Å². The van der Waals surface area contributed by atoms with Crippen LogP contribution in [0.25, 0.3) is 0 Å². The number of fused-ring (bicyclic) bond motifs is 1. The van der Waals surface area contributed by atoms with E-state index in [-0.39, 0.29) is 0 Å². The first kappa shape index (κ1) is 18.1. The van der Waals surface area contributed by atoms with Gasteiger partial charge in [0.15, 0.2) is 0 Å². The zero-order chi connectivity index (χ0) is 17.5. The van der Waals surface area contributed by atoms with E-state index in [2.05, 4.69) is 37.1 Å². The molecule has 6 heteroatoms. The number of phosphoric acid groups is 1. The lowest BCUT2D eigenvalue weighted by Gasteiger charge is -2.58. The van der Waals surface area contributed by atoms with Crippen LogP contribution in [-0.2, 0) is 16.4 Å². The van der Waals surface area contributed by atoms with Gasteiger partial charge in [-0.2, -0.15) is 0 Å². The third-order valence-corrected chi connectivity index (χ3v) is 6.27. The molecule has 0 unspecified atom stereocenters. The Balaban J connectivity index is 0.000000300. The van der Waals surface area contributed by atoms with Crippen LogP contribution in [0, 0.1) is 12.8 Å². The Bertz CT molecular complexity index is 650. The first-order valence-corrected chi connectivity index (χ1v) is 10.4. The first-order valence-electron chi connectivity index (χ1n) is 8.79. The van der Waals surface area contributed by atoms with Gasteiger partial charge in [-0.1, -0.05) is 36.6 Å². The molecule has 1 aliphatic heterocycles. The van der Waals surface area contributed by atoms with Crippen LogP contribution < -0.4 is 0 Å². The molecule has 1 saturated carbocycles. The highest BCUT2D eigenvalue weighted by Crippen LogP contribution is 2.55. The molecule has 24 heavy (non-hydrogen) atoms. The first-order chi connectivity index (χ1) is 11.2. The van der Waals surface area contributed by atoms with Gasteiger partial charge >= 0.3 is 7.82 Å². The van der Waals surface area contributed by atoms with Crippen LogP contribution in [-0.4, -0.2) is 39.2 Å². The number of likely N-dealkylation sites (N-methyl/N-ethyl adjacent to an activating group) is 1. The van der Waals surface area contributed by atoms with Gasteiger partial charge in [-0.25, -0.2) is 4.57 Å². The van der Waals surface area contributed by atoms with Gasteiger partial charge in [0.25, 0.3) is 0 Å². The normalized spacial score (nSPS) is 32.2. The lowest BCUT2D eigenvalue weighted by Crippen LogP contribution is -2.59. The highest BCUT2D eigenvalue weighted by molar-refractivity contribution is 7.45. The summed E-state index contributed by atoms with van der Waals surface area (Å²) in [6.45, 7) is 3.56. The fraction of sp³-hybridized carbons (Fsp3) is 0.667. The van der Waals surface area contributed by atoms with Crippen LogP contribution in [0.15, 0.2) is 18.2 Å². The van der Waals surface area contributed by atoms with Gasteiger partial charge in [-0.15, -0.1) is 0 Å². The molecule has 4 rings (SSSR count). The van der Waals surface area contributed by atoms with E-state index in [1.165, 1.54) is 50.6 Å². The molecule has 5 nitrogen and oxygen atoms in total. The fourth-order valence-electron chi connectivity index (χ4n) is 5.31. The molecule has 1 aromatic rings. The Hall–Kier alpha value is -0.710. The third kappa shape index (κ3) is 3.47. The minimum atomic E-state index is -4.64. The van der Waals surface area contributed by atoms with Crippen molar-refractivity contribution in [3.8, 4) is 0 Å². The Kier molecular flexibility index (Phi) is 4.93. The number of aryl methyl sites for hydroxylation is 1. The molecule has 3 N–H and O–H groups in total. The molecule has 1 aromatic carbocycles. The van der Waals surface area contributed by atoms with Crippen LogP contribution in [0.2, 0.25) is 0 Å². The number of benzene rings is 1. The van der Waals surface area contributed by atoms with Crippen molar-refractivity contribution >= 4 is 7.82 Å². The summed E-state index contributed by atoms with van der Waals surface area (Å²) in [6.07, 6.45) is 8.48. The van der Waals surface area contributed by atoms with Crippen LogP contribution in [0.4, 0.5) is 0 Å². The lowest BCUT2D eigenvalue weighted by molar-refractivity contribution is 0.00283. The molecule has 1 heterocycles. The highest BCUT2D eigenvalue weighted by Gasteiger charge is 2.52. The summed E-state index contributed by atoms with van der Waals surface area (Å²) in [4.78, 5) is 24.2. The van der Waals surface area contributed by atoms with E-state index in [0.29, 0.717) is 5.41 Å². The Morgan fingerprint density at radius 1 is 1.21 bits per heavy atom. The molecule has 3 aliphatic rings. The standard InChI is InChI=1S/C18H25N.H3O4P/c1-13-6-7-14-12-17-15-5-3-4-8-18(15,16(14)11-13)9-10-19(17)2;1-5(2,3)4/h6-7,11,15,17H,3-5,8-10,12H2,1-2H3;(H3,1,2,3,4)/t15-,17-,18-;/m1./s1. The van der Waals surface area contributed by atoms with Crippen molar-refractivity contribution < 1.29 is 19.2 Å². The predicted molar refractivity (Wildman–Crippen MR) is 93.8 cm³/mol. The van der Waals surface area contributed by atoms with Crippen molar-refractivity contribution in [2.24, 2.45) is 5.92 Å². The number of hydrogen-bond acceptors (Lipinski definition) is 2. The summed E-state index contributed by atoms with van der Waals surface area (Å²) in [5, 5.41) is 0. The summed E-state index contributed by atoms with van der Waals surface area (Å²) in [6, 6.07) is 8.07. The van der Waals surface area contributed by atoms with E-state index < -0.39 is 7.82 Å². The summed E-state index contributed by atoms with van der Waals surface area (Å²) in [5.74, 6) is 0.925. The summed E-state index contributed by atoms with van der Waals surface area (Å²) in [5.41, 5.74) is 5.38. The molecule has 134 valence electrons. The molecular weight excluding hydrogens is 325 g/mol. The number of piperidine rings is 1. The van der Waals surface area contributed by atoms with Crippen LogP contribution in [0.5, 0.6) is 0 Å². The Morgan fingerprint density at radius 2 is 1.92 bits per heavy atom. The Morgan fingerprint density at radius 3 is 2.62 bits per heavy atom. The number of hydrogen-bond donors (Lipinski definition) is 3. The molecule has 2 aliphatic carbocycles. The van der Waals surface area contributed by atoms with Crippen LogP contribution in [0.1, 0.15) is 48.8 Å². The van der Waals surface area contributed by atoms with Gasteiger partial charge in [0.05, 0.1) is 0 Å². The van der Waals surface area contributed by atoms with Gasteiger partial charge < -0.3 is 19.6 Å². The Labute approximate surface area is 143 Å². The summed E-state index contributed by atoms with van der Waals surface area (Å²) >= 11 is 0. The molecule has 1 saturated heterocycles. The van der Waals surface area contributed by atoms with Crippen molar-refractivity contribution in [3.63, 3.8) is 0 Å². The van der Waals surface area contributed by atoms with Gasteiger partial charge in [-0.3, -0.25) is 0 Å². The second kappa shape index (κ2) is 6.54. The molecular formula is C18H28NO4P. The van der Waals surface area contributed by atoms with E-state index in [4.69, 9.17) is 19.2 Å².